The van der Waals surface area contributed by atoms with E-state index >= 15 is 0 Å². The normalized spacial score (nSPS) is 11.1. The highest BCUT2D eigenvalue weighted by Crippen LogP contribution is 2.18. The van der Waals surface area contributed by atoms with Gasteiger partial charge in [0.15, 0.2) is 0 Å². The summed E-state index contributed by atoms with van der Waals surface area (Å²) in [5.74, 6) is 0.294. The van der Waals surface area contributed by atoms with E-state index in [0.29, 0.717) is 28.9 Å². The largest absolute Gasteiger partial charge is 0.326 e. The number of nitrogens with one attached hydrogen (secondary N) is 1. The van der Waals surface area contributed by atoms with Gasteiger partial charge in [-0.1, -0.05) is 30.3 Å². The topological polar surface area (TPSA) is 81.3 Å². The third-order valence-corrected chi connectivity index (χ3v) is 4.01. The zero-order valence-corrected chi connectivity index (χ0v) is 13.5. The Morgan fingerprint density at radius 1 is 1.16 bits per heavy atom. The Morgan fingerprint density at radius 3 is 2.72 bits per heavy atom. The Hall–Kier alpha value is -3.48. The van der Waals surface area contributed by atoms with Crippen molar-refractivity contribution in [3.05, 3.63) is 70.8 Å². The number of hydrogen-bond donors (Lipinski definition) is 1. The molecule has 0 radical (unpaired) electrons. The van der Waals surface area contributed by atoms with Crippen LogP contribution in [0.2, 0.25) is 0 Å². The van der Waals surface area contributed by atoms with Crippen LogP contribution in [0.15, 0.2) is 59.7 Å². The maximum atomic E-state index is 13.1. The lowest BCUT2D eigenvalue weighted by Crippen LogP contribution is -2.24. The molecule has 4 rings (SSSR count). The summed E-state index contributed by atoms with van der Waals surface area (Å²) < 4.78 is 3.36. The van der Waals surface area contributed by atoms with Crippen LogP contribution < -0.4 is 10.9 Å². The molecule has 2 aromatic carbocycles. The first-order chi connectivity index (χ1) is 12.1. The fourth-order valence-corrected chi connectivity index (χ4v) is 2.93. The van der Waals surface area contributed by atoms with Gasteiger partial charge in [0, 0.05) is 12.6 Å². The van der Waals surface area contributed by atoms with E-state index < -0.39 is 0 Å². The summed E-state index contributed by atoms with van der Waals surface area (Å²) in [4.78, 5) is 24.3. The van der Waals surface area contributed by atoms with E-state index in [1.54, 1.807) is 33.5 Å². The van der Waals surface area contributed by atoms with Gasteiger partial charge in [0.2, 0.25) is 11.7 Å². The molecule has 2 aromatic heterocycles. The van der Waals surface area contributed by atoms with Crippen LogP contribution in [0.1, 0.15) is 12.5 Å². The van der Waals surface area contributed by atoms with Gasteiger partial charge < -0.3 is 5.32 Å². The minimum Gasteiger partial charge on any atom is -0.326 e. The Bertz CT molecular complexity index is 1140. The summed E-state index contributed by atoms with van der Waals surface area (Å²) in [6.07, 6.45) is 1.58. The summed E-state index contributed by atoms with van der Waals surface area (Å²) in [5.41, 5.74) is 2.10. The van der Waals surface area contributed by atoms with Gasteiger partial charge in [-0.05, 0) is 23.8 Å². The van der Waals surface area contributed by atoms with Gasteiger partial charge in [-0.2, -0.15) is 0 Å². The summed E-state index contributed by atoms with van der Waals surface area (Å²) in [5, 5.41) is 11.3. The molecule has 25 heavy (non-hydrogen) atoms. The number of nitrogens with zero attached hydrogens (tertiary/aromatic N) is 4. The maximum absolute atomic E-state index is 13.1. The second kappa shape index (κ2) is 5.86. The molecule has 2 heterocycles. The zero-order valence-electron chi connectivity index (χ0n) is 13.5. The molecule has 0 fully saturated rings. The fraction of sp³-hybridized carbons (Fsp3) is 0.111. The molecular formula is C18H15N5O2. The van der Waals surface area contributed by atoms with E-state index in [0.717, 1.165) is 5.56 Å². The molecule has 7 heteroatoms. The number of hydrogen-bond acceptors (Lipinski definition) is 4. The lowest BCUT2D eigenvalue weighted by molar-refractivity contribution is -0.114. The minimum atomic E-state index is -0.186. The first-order valence-corrected chi connectivity index (χ1v) is 7.81. The van der Waals surface area contributed by atoms with Gasteiger partial charge in [-0.25, -0.2) is 0 Å². The van der Waals surface area contributed by atoms with Crippen molar-refractivity contribution >= 4 is 28.3 Å². The number of rotatable bonds is 3. The van der Waals surface area contributed by atoms with Crippen LogP contribution in [0.5, 0.6) is 0 Å². The standard InChI is InChI=1S/C18H15N5O2/c1-12(24)20-14-7-8-16-15(9-14)17(25)22(18-21-19-11-23(16)18)10-13-5-3-2-4-6-13/h2-9,11H,10H2,1H3,(H,20,24). The molecule has 0 unspecified atom stereocenters. The highest BCUT2D eigenvalue weighted by molar-refractivity contribution is 5.92. The van der Waals surface area contributed by atoms with Crippen LogP contribution in [-0.4, -0.2) is 25.1 Å². The molecule has 4 aromatic rings. The summed E-state index contributed by atoms with van der Waals surface area (Å²) >= 11 is 0. The van der Waals surface area contributed by atoms with Crippen molar-refractivity contribution in [2.45, 2.75) is 13.5 Å². The van der Waals surface area contributed by atoms with Gasteiger partial charge in [-0.3, -0.25) is 18.6 Å². The quantitative estimate of drug-likeness (QED) is 0.622. The van der Waals surface area contributed by atoms with Gasteiger partial charge in [0.25, 0.3) is 5.56 Å². The smallest absolute Gasteiger partial charge is 0.263 e. The number of amides is 1. The van der Waals surface area contributed by atoms with Crippen molar-refractivity contribution in [3.63, 3.8) is 0 Å². The molecule has 0 saturated heterocycles. The Kier molecular flexibility index (Phi) is 3.53. The van der Waals surface area contributed by atoms with E-state index in [1.165, 1.54) is 6.92 Å². The van der Waals surface area contributed by atoms with E-state index in [4.69, 9.17) is 0 Å². The molecule has 0 aliphatic heterocycles. The van der Waals surface area contributed by atoms with E-state index in [-0.39, 0.29) is 11.5 Å². The molecular weight excluding hydrogens is 318 g/mol. The Balaban J connectivity index is 1.97. The summed E-state index contributed by atoms with van der Waals surface area (Å²) in [7, 11) is 0. The van der Waals surface area contributed by atoms with Crippen molar-refractivity contribution in [1.29, 1.82) is 0 Å². The lowest BCUT2D eigenvalue weighted by atomic mass is 10.2. The SMILES string of the molecule is CC(=O)Nc1ccc2c(c1)c(=O)n(Cc1ccccc1)c1nncn21. The Labute approximate surface area is 142 Å². The number of carbonyl (C=O) groups excluding carboxylic acids is 1. The summed E-state index contributed by atoms with van der Waals surface area (Å²) in [6.45, 7) is 1.82. The number of aromatic nitrogens is 4. The second-order valence-electron chi connectivity index (χ2n) is 5.79. The van der Waals surface area contributed by atoms with Crippen LogP contribution in [0, 0.1) is 0 Å². The third-order valence-electron chi connectivity index (χ3n) is 4.01. The van der Waals surface area contributed by atoms with Crippen LogP contribution in [0.25, 0.3) is 16.7 Å². The third kappa shape index (κ3) is 2.65. The monoisotopic (exact) mass is 333 g/mol. The predicted octanol–water partition coefficient (Wildman–Crippen LogP) is 2.05. The average Bonchev–Trinajstić information content (AvgIpc) is 3.08. The first-order valence-electron chi connectivity index (χ1n) is 7.81. The molecule has 0 aliphatic rings. The average molecular weight is 333 g/mol. The van der Waals surface area contributed by atoms with Crippen molar-refractivity contribution in [2.75, 3.05) is 5.32 Å². The van der Waals surface area contributed by atoms with Crippen LogP contribution in [0.3, 0.4) is 0 Å². The Morgan fingerprint density at radius 2 is 1.96 bits per heavy atom. The molecule has 0 aliphatic carbocycles. The fourth-order valence-electron chi connectivity index (χ4n) is 2.93. The molecule has 1 N–H and O–H groups in total. The second-order valence-corrected chi connectivity index (χ2v) is 5.79. The number of anilines is 1. The van der Waals surface area contributed by atoms with Gasteiger partial charge in [-0.15, -0.1) is 10.2 Å². The molecule has 1 amide bonds. The highest BCUT2D eigenvalue weighted by atomic mass is 16.1. The van der Waals surface area contributed by atoms with Crippen molar-refractivity contribution in [1.82, 2.24) is 19.2 Å². The van der Waals surface area contributed by atoms with Gasteiger partial charge in [0.05, 0.1) is 17.4 Å². The maximum Gasteiger partial charge on any atom is 0.263 e. The molecule has 7 nitrogen and oxygen atoms in total. The van der Waals surface area contributed by atoms with E-state index in [2.05, 4.69) is 15.5 Å². The lowest BCUT2D eigenvalue weighted by Gasteiger charge is -2.11. The zero-order chi connectivity index (χ0) is 17.4. The van der Waals surface area contributed by atoms with Crippen LogP contribution in [0.4, 0.5) is 5.69 Å². The molecule has 124 valence electrons. The van der Waals surface area contributed by atoms with Gasteiger partial charge in [0.1, 0.15) is 6.33 Å². The van der Waals surface area contributed by atoms with Gasteiger partial charge >= 0.3 is 0 Å². The molecule has 0 bridgehead atoms. The number of benzene rings is 2. The van der Waals surface area contributed by atoms with E-state index in [9.17, 15) is 9.59 Å². The van der Waals surface area contributed by atoms with Crippen molar-refractivity contribution < 1.29 is 4.79 Å². The predicted molar refractivity (Wildman–Crippen MR) is 94.6 cm³/mol. The van der Waals surface area contributed by atoms with Crippen LogP contribution in [-0.2, 0) is 11.3 Å². The minimum absolute atomic E-state index is 0.174. The molecule has 0 spiro atoms. The molecule has 0 atom stereocenters. The van der Waals surface area contributed by atoms with Crippen molar-refractivity contribution in [3.8, 4) is 0 Å². The first kappa shape index (κ1) is 15.1. The number of carbonyl (C=O) groups is 1. The van der Waals surface area contributed by atoms with Crippen LogP contribution >= 0.6 is 0 Å². The van der Waals surface area contributed by atoms with Crippen molar-refractivity contribution in [2.24, 2.45) is 0 Å². The highest BCUT2D eigenvalue weighted by Gasteiger charge is 2.13. The number of fused-ring (bicyclic) bond motifs is 3. The van der Waals surface area contributed by atoms with E-state index in [1.807, 2.05) is 30.3 Å². The molecule has 0 saturated carbocycles. The summed E-state index contributed by atoms with van der Waals surface area (Å²) in [6, 6.07) is 14.9.